The van der Waals surface area contributed by atoms with Gasteiger partial charge in [-0.2, -0.15) is 5.10 Å². The molecule has 0 fully saturated rings. The number of aromatic nitrogens is 2. The lowest BCUT2D eigenvalue weighted by atomic mass is 10.0. The zero-order chi connectivity index (χ0) is 14.1. The van der Waals surface area contributed by atoms with E-state index < -0.39 is 0 Å². The molecule has 1 N–H and O–H groups in total. The summed E-state index contributed by atoms with van der Waals surface area (Å²) in [5, 5.41) is 7.16. The molecule has 1 aromatic carbocycles. The number of nitrogens with zero attached hydrogens (tertiary/aromatic N) is 2. The van der Waals surface area contributed by atoms with Gasteiger partial charge in [-0.05, 0) is 31.0 Å². The van der Waals surface area contributed by atoms with E-state index in [1.54, 1.807) is 0 Å². The fourth-order valence-electron chi connectivity index (χ4n) is 2.40. The van der Waals surface area contributed by atoms with Crippen molar-refractivity contribution < 1.29 is 9.53 Å². The van der Waals surface area contributed by atoms with Gasteiger partial charge in [0, 0.05) is 25.2 Å². The van der Waals surface area contributed by atoms with Crippen molar-refractivity contribution in [1.29, 1.82) is 0 Å². The Morgan fingerprint density at radius 3 is 2.95 bits per heavy atom. The molecule has 0 radical (unpaired) electrons. The number of benzene rings is 1. The summed E-state index contributed by atoms with van der Waals surface area (Å²) >= 11 is 0. The largest absolute Gasteiger partial charge is 0.487 e. The monoisotopic (exact) mass is 271 g/mol. The molecule has 0 atom stereocenters. The lowest BCUT2D eigenvalue weighted by Gasteiger charge is -2.17. The Kier molecular flexibility index (Phi) is 3.18. The van der Waals surface area contributed by atoms with Crippen LogP contribution in [0.25, 0.3) is 0 Å². The van der Waals surface area contributed by atoms with E-state index in [-0.39, 0.29) is 5.91 Å². The van der Waals surface area contributed by atoms with Crippen molar-refractivity contribution in [1.82, 2.24) is 9.78 Å². The third-order valence-corrected chi connectivity index (χ3v) is 3.46. The van der Waals surface area contributed by atoms with Gasteiger partial charge >= 0.3 is 0 Å². The number of fused-ring (bicyclic) bond motifs is 1. The van der Waals surface area contributed by atoms with E-state index >= 15 is 0 Å². The fourth-order valence-corrected chi connectivity index (χ4v) is 2.40. The average Bonchev–Trinajstić information content (AvgIpc) is 2.74. The number of anilines is 1. The van der Waals surface area contributed by atoms with E-state index in [2.05, 4.69) is 10.4 Å². The van der Waals surface area contributed by atoms with Gasteiger partial charge in [0.25, 0.3) is 0 Å². The van der Waals surface area contributed by atoms with E-state index in [0.717, 1.165) is 34.8 Å². The summed E-state index contributed by atoms with van der Waals surface area (Å²) in [6.45, 7) is 2.42. The molecule has 1 aliphatic rings. The van der Waals surface area contributed by atoms with E-state index in [9.17, 15) is 4.79 Å². The number of rotatable bonds is 3. The Balaban J connectivity index is 1.73. The number of ether oxygens (including phenoxy) is 1. The molecule has 3 rings (SSSR count). The van der Waals surface area contributed by atoms with E-state index in [4.69, 9.17) is 4.74 Å². The third-order valence-electron chi connectivity index (χ3n) is 3.46. The van der Waals surface area contributed by atoms with Crippen molar-refractivity contribution >= 4 is 11.6 Å². The molecule has 0 bridgehead atoms. The van der Waals surface area contributed by atoms with Crippen LogP contribution in [0.2, 0.25) is 0 Å². The number of aryl methyl sites for hydroxylation is 3. The van der Waals surface area contributed by atoms with Gasteiger partial charge < -0.3 is 10.1 Å². The SMILES string of the molecule is Cc1cc(COc2ccc3c(c2)NC(=O)CC3)n(C)n1. The Bertz CT molecular complexity index is 661. The Labute approximate surface area is 117 Å². The normalized spacial score (nSPS) is 13.8. The molecule has 0 aliphatic carbocycles. The van der Waals surface area contributed by atoms with E-state index in [1.165, 1.54) is 0 Å². The number of carbonyl (C=O) groups excluding carboxylic acids is 1. The second-order valence-electron chi connectivity index (χ2n) is 5.06. The van der Waals surface area contributed by atoms with Crippen molar-refractivity contribution in [3.8, 4) is 5.75 Å². The van der Waals surface area contributed by atoms with Gasteiger partial charge in [0.15, 0.2) is 0 Å². The smallest absolute Gasteiger partial charge is 0.224 e. The summed E-state index contributed by atoms with van der Waals surface area (Å²) in [7, 11) is 1.90. The lowest BCUT2D eigenvalue weighted by Crippen LogP contribution is -2.18. The number of amides is 1. The molecular formula is C15H17N3O2. The topological polar surface area (TPSA) is 56.1 Å². The molecule has 1 amide bonds. The molecule has 0 unspecified atom stereocenters. The number of nitrogens with one attached hydrogen (secondary N) is 1. The van der Waals surface area contributed by atoms with E-state index in [0.29, 0.717) is 13.0 Å². The average molecular weight is 271 g/mol. The number of carbonyl (C=O) groups is 1. The van der Waals surface area contributed by atoms with Crippen LogP contribution in [0.1, 0.15) is 23.4 Å². The van der Waals surface area contributed by atoms with Gasteiger partial charge in [0.05, 0.1) is 11.4 Å². The van der Waals surface area contributed by atoms with Gasteiger partial charge in [-0.3, -0.25) is 9.48 Å². The highest BCUT2D eigenvalue weighted by molar-refractivity contribution is 5.94. The van der Waals surface area contributed by atoms with Crippen LogP contribution in [0.5, 0.6) is 5.75 Å². The summed E-state index contributed by atoms with van der Waals surface area (Å²) in [6.07, 6.45) is 1.35. The molecule has 0 spiro atoms. The Hall–Kier alpha value is -2.30. The maximum Gasteiger partial charge on any atom is 0.224 e. The van der Waals surface area contributed by atoms with E-state index in [1.807, 2.05) is 42.9 Å². The first-order chi connectivity index (χ1) is 9.61. The molecule has 104 valence electrons. The van der Waals surface area contributed by atoms with Crippen molar-refractivity contribution in [2.45, 2.75) is 26.4 Å². The molecule has 5 heteroatoms. The van der Waals surface area contributed by atoms with Gasteiger partial charge in [0.1, 0.15) is 12.4 Å². The minimum absolute atomic E-state index is 0.0666. The predicted octanol–water partition coefficient (Wildman–Crippen LogP) is 2.19. The second-order valence-corrected chi connectivity index (χ2v) is 5.06. The molecule has 20 heavy (non-hydrogen) atoms. The first-order valence-electron chi connectivity index (χ1n) is 6.67. The van der Waals surface area contributed by atoms with Crippen LogP contribution in [0, 0.1) is 6.92 Å². The van der Waals surface area contributed by atoms with Crippen LogP contribution in [-0.4, -0.2) is 15.7 Å². The van der Waals surface area contributed by atoms with Crippen molar-refractivity contribution in [2.75, 3.05) is 5.32 Å². The summed E-state index contributed by atoms with van der Waals surface area (Å²) < 4.78 is 7.59. The standard InChI is InChI=1S/C15H17N3O2/c1-10-7-12(18(2)17-10)9-20-13-5-3-11-4-6-15(19)16-14(11)8-13/h3,5,7-8H,4,6,9H2,1-2H3,(H,16,19). The minimum atomic E-state index is 0.0666. The third kappa shape index (κ3) is 2.52. The van der Waals surface area contributed by atoms with Gasteiger partial charge in [-0.1, -0.05) is 6.07 Å². The second kappa shape index (κ2) is 5.00. The molecule has 2 aromatic rings. The highest BCUT2D eigenvalue weighted by Crippen LogP contribution is 2.27. The van der Waals surface area contributed by atoms with Crippen LogP contribution in [0.4, 0.5) is 5.69 Å². The van der Waals surface area contributed by atoms with Crippen LogP contribution >= 0.6 is 0 Å². The zero-order valence-corrected chi connectivity index (χ0v) is 11.6. The van der Waals surface area contributed by atoms with Gasteiger partial charge in [0.2, 0.25) is 5.91 Å². The molecule has 1 aromatic heterocycles. The van der Waals surface area contributed by atoms with Crippen LogP contribution in [0.3, 0.4) is 0 Å². The van der Waals surface area contributed by atoms with Crippen molar-refractivity contribution in [3.63, 3.8) is 0 Å². The summed E-state index contributed by atoms with van der Waals surface area (Å²) in [6, 6.07) is 7.84. The van der Waals surface area contributed by atoms with Crippen LogP contribution in [0.15, 0.2) is 24.3 Å². The molecular weight excluding hydrogens is 254 g/mol. The molecule has 0 saturated carbocycles. The highest BCUT2D eigenvalue weighted by Gasteiger charge is 2.15. The van der Waals surface area contributed by atoms with Gasteiger partial charge in [-0.15, -0.1) is 0 Å². The molecule has 0 saturated heterocycles. The molecule has 5 nitrogen and oxygen atoms in total. The van der Waals surface area contributed by atoms with Crippen molar-refractivity contribution in [2.24, 2.45) is 7.05 Å². The Morgan fingerprint density at radius 1 is 1.35 bits per heavy atom. The molecule has 1 aliphatic heterocycles. The predicted molar refractivity (Wildman–Crippen MR) is 75.7 cm³/mol. The summed E-state index contributed by atoms with van der Waals surface area (Å²) in [5.74, 6) is 0.821. The highest BCUT2D eigenvalue weighted by atomic mass is 16.5. The fraction of sp³-hybridized carbons (Fsp3) is 0.333. The zero-order valence-electron chi connectivity index (χ0n) is 11.6. The maximum absolute atomic E-state index is 11.4. The number of hydrogen-bond donors (Lipinski definition) is 1. The van der Waals surface area contributed by atoms with Crippen LogP contribution < -0.4 is 10.1 Å². The summed E-state index contributed by atoms with van der Waals surface area (Å²) in [5.41, 5.74) is 4.02. The molecule has 2 heterocycles. The van der Waals surface area contributed by atoms with Gasteiger partial charge in [-0.25, -0.2) is 0 Å². The van der Waals surface area contributed by atoms with Crippen molar-refractivity contribution in [3.05, 3.63) is 41.2 Å². The maximum atomic E-state index is 11.4. The number of hydrogen-bond acceptors (Lipinski definition) is 3. The minimum Gasteiger partial charge on any atom is -0.487 e. The van der Waals surface area contributed by atoms with Crippen LogP contribution in [-0.2, 0) is 24.9 Å². The first-order valence-corrected chi connectivity index (χ1v) is 6.67. The lowest BCUT2D eigenvalue weighted by molar-refractivity contribution is -0.116. The first kappa shape index (κ1) is 12.7. The summed E-state index contributed by atoms with van der Waals surface area (Å²) in [4.78, 5) is 11.4. The Morgan fingerprint density at radius 2 is 2.20 bits per heavy atom. The quantitative estimate of drug-likeness (QED) is 0.931.